The lowest BCUT2D eigenvalue weighted by Crippen LogP contribution is -2.47. The third-order valence-electron chi connectivity index (χ3n) is 3.83. The molecule has 0 bridgehead atoms. The van der Waals surface area contributed by atoms with Crippen LogP contribution in [0.1, 0.15) is 30.9 Å². The van der Waals surface area contributed by atoms with Gasteiger partial charge in [0.2, 0.25) is 10.0 Å². The first-order valence-electron chi connectivity index (χ1n) is 7.26. The fourth-order valence-electron chi connectivity index (χ4n) is 2.84. The summed E-state index contributed by atoms with van der Waals surface area (Å²) in [7, 11) is -3.37. The summed E-state index contributed by atoms with van der Waals surface area (Å²) in [5.41, 5.74) is 1.92. The minimum atomic E-state index is -3.37. The van der Waals surface area contributed by atoms with Gasteiger partial charge in [-0.05, 0) is 44.9 Å². The molecule has 1 saturated heterocycles. The molecule has 1 N–H and O–H groups in total. The topological polar surface area (TPSA) is 49.4 Å². The number of hydrogen-bond donors (Lipinski definition) is 1. The summed E-state index contributed by atoms with van der Waals surface area (Å²) in [5, 5.41) is 3.36. The van der Waals surface area contributed by atoms with E-state index in [1.165, 1.54) is 0 Å². The van der Waals surface area contributed by atoms with Crippen LogP contribution in [-0.2, 0) is 10.0 Å². The van der Waals surface area contributed by atoms with Gasteiger partial charge in [0.25, 0.3) is 0 Å². The van der Waals surface area contributed by atoms with Gasteiger partial charge < -0.3 is 5.32 Å². The molecule has 1 unspecified atom stereocenters. The fraction of sp³-hybridized carbons (Fsp3) is 0.600. The van der Waals surface area contributed by atoms with Gasteiger partial charge in [-0.15, -0.1) is 0 Å². The molecule has 0 aliphatic carbocycles. The maximum atomic E-state index is 12.8. The number of piperidine rings is 1. The van der Waals surface area contributed by atoms with E-state index in [1.54, 1.807) is 10.4 Å². The Balaban J connectivity index is 2.25. The van der Waals surface area contributed by atoms with Crippen molar-refractivity contribution in [2.24, 2.45) is 0 Å². The van der Waals surface area contributed by atoms with Gasteiger partial charge in [0.05, 0.1) is 4.90 Å². The van der Waals surface area contributed by atoms with Gasteiger partial charge >= 0.3 is 0 Å². The molecule has 1 aromatic carbocycles. The molecule has 0 aromatic heterocycles. The first kappa shape index (κ1) is 15.5. The van der Waals surface area contributed by atoms with E-state index in [9.17, 15) is 8.42 Å². The van der Waals surface area contributed by atoms with Crippen molar-refractivity contribution in [3.63, 3.8) is 0 Å². The van der Waals surface area contributed by atoms with Gasteiger partial charge in [0.1, 0.15) is 0 Å². The predicted molar refractivity (Wildman–Crippen MR) is 81.4 cm³/mol. The second-order valence-corrected chi connectivity index (χ2v) is 7.44. The van der Waals surface area contributed by atoms with E-state index in [0.29, 0.717) is 18.0 Å². The lowest BCUT2D eigenvalue weighted by molar-refractivity contribution is 0.286. The SMILES string of the molecule is CCNC1CCCN(S(=O)(=O)c2ccc(C)cc2C)C1. The molecular formula is C15H24N2O2S. The summed E-state index contributed by atoms with van der Waals surface area (Å²) in [6, 6.07) is 5.80. The molecule has 1 aromatic rings. The first-order valence-corrected chi connectivity index (χ1v) is 8.70. The van der Waals surface area contributed by atoms with Crippen LogP contribution < -0.4 is 5.32 Å². The Morgan fingerprint density at radius 1 is 1.35 bits per heavy atom. The second-order valence-electron chi connectivity index (χ2n) is 5.53. The van der Waals surface area contributed by atoms with Crippen LogP contribution in [0.3, 0.4) is 0 Å². The zero-order chi connectivity index (χ0) is 14.8. The minimum absolute atomic E-state index is 0.272. The quantitative estimate of drug-likeness (QED) is 0.925. The Morgan fingerprint density at radius 2 is 2.10 bits per heavy atom. The van der Waals surface area contributed by atoms with Crippen molar-refractivity contribution >= 4 is 10.0 Å². The van der Waals surface area contributed by atoms with Crippen LogP contribution in [0.5, 0.6) is 0 Å². The highest BCUT2D eigenvalue weighted by atomic mass is 32.2. The second kappa shape index (κ2) is 6.24. The van der Waals surface area contributed by atoms with E-state index in [4.69, 9.17) is 0 Å². The number of nitrogens with zero attached hydrogens (tertiary/aromatic N) is 1. The molecule has 1 aliphatic heterocycles. The average Bonchev–Trinajstić information content (AvgIpc) is 2.39. The average molecular weight is 296 g/mol. The Morgan fingerprint density at radius 3 is 2.75 bits per heavy atom. The molecule has 2 rings (SSSR count). The molecule has 0 radical (unpaired) electrons. The smallest absolute Gasteiger partial charge is 0.243 e. The van der Waals surface area contributed by atoms with Crippen molar-refractivity contribution in [1.29, 1.82) is 0 Å². The van der Waals surface area contributed by atoms with E-state index in [-0.39, 0.29) is 6.04 Å². The molecule has 0 spiro atoms. The molecule has 1 fully saturated rings. The molecular weight excluding hydrogens is 272 g/mol. The lowest BCUT2D eigenvalue weighted by atomic mass is 10.1. The van der Waals surface area contributed by atoms with Gasteiger partial charge in [0, 0.05) is 19.1 Å². The largest absolute Gasteiger partial charge is 0.313 e. The Kier molecular flexibility index (Phi) is 4.83. The number of nitrogens with one attached hydrogen (secondary N) is 1. The first-order chi connectivity index (χ1) is 9.45. The predicted octanol–water partition coefficient (Wildman–Crippen LogP) is 2.07. The molecule has 0 saturated carbocycles. The maximum Gasteiger partial charge on any atom is 0.243 e. The van der Waals surface area contributed by atoms with Gasteiger partial charge in [-0.25, -0.2) is 8.42 Å². The van der Waals surface area contributed by atoms with Gasteiger partial charge in [-0.1, -0.05) is 24.6 Å². The zero-order valence-corrected chi connectivity index (χ0v) is 13.3. The third kappa shape index (κ3) is 3.22. The third-order valence-corrected chi connectivity index (χ3v) is 5.85. The van der Waals surface area contributed by atoms with Crippen molar-refractivity contribution < 1.29 is 8.42 Å². The fourth-order valence-corrected chi connectivity index (χ4v) is 4.57. The molecule has 1 heterocycles. The Bertz CT molecular complexity index is 567. The highest BCUT2D eigenvalue weighted by Gasteiger charge is 2.30. The highest BCUT2D eigenvalue weighted by molar-refractivity contribution is 7.89. The van der Waals surface area contributed by atoms with Crippen LogP contribution in [-0.4, -0.2) is 38.4 Å². The van der Waals surface area contributed by atoms with Crippen molar-refractivity contribution in [3.05, 3.63) is 29.3 Å². The molecule has 1 atom stereocenters. The van der Waals surface area contributed by atoms with Gasteiger partial charge in [0.15, 0.2) is 0 Å². The van der Waals surface area contributed by atoms with Crippen LogP contribution in [0.2, 0.25) is 0 Å². The number of aryl methyl sites for hydroxylation is 2. The maximum absolute atomic E-state index is 12.8. The number of sulfonamides is 1. The van der Waals surface area contributed by atoms with Crippen LogP contribution in [0.25, 0.3) is 0 Å². The monoisotopic (exact) mass is 296 g/mol. The summed E-state index contributed by atoms with van der Waals surface area (Å²) in [6.45, 7) is 7.97. The zero-order valence-electron chi connectivity index (χ0n) is 12.5. The van der Waals surface area contributed by atoms with Crippen molar-refractivity contribution in [2.45, 2.75) is 44.6 Å². The van der Waals surface area contributed by atoms with Crippen LogP contribution in [0.4, 0.5) is 0 Å². The van der Waals surface area contributed by atoms with E-state index < -0.39 is 10.0 Å². The Hall–Kier alpha value is -0.910. The van der Waals surface area contributed by atoms with E-state index in [0.717, 1.165) is 30.5 Å². The molecule has 20 heavy (non-hydrogen) atoms. The van der Waals surface area contributed by atoms with Crippen molar-refractivity contribution in [2.75, 3.05) is 19.6 Å². The highest BCUT2D eigenvalue weighted by Crippen LogP contribution is 2.24. The number of likely N-dealkylation sites (N-methyl/N-ethyl adjacent to an activating group) is 1. The normalized spacial score (nSPS) is 21.1. The summed E-state index contributed by atoms with van der Waals surface area (Å²) in [5.74, 6) is 0. The van der Waals surface area contributed by atoms with Crippen molar-refractivity contribution in [1.82, 2.24) is 9.62 Å². The number of benzene rings is 1. The summed E-state index contributed by atoms with van der Waals surface area (Å²) in [4.78, 5) is 0.445. The summed E-state index contributed by atoms with van der Waals surface area (Å²) >= 11 is 0. The summed E-state index contributed by atoms with van der Waals surface area (Å²) < 4.78 is 27.2. The molecule has 112 valence electrons. The van der Waals surface area contributed by atoms with Crippen LogP contribution in [0.15, 0.2) is 23.1 Å². The van der Waals surface area contributed by atoms with Crippen LogP contribution >= 0.6 is 0 Å². The Labute approximate surface area is 122 Å². The standard InChI is InChI=1S/C15H24N2O2S/c1-4-16-14-6-5-9-17(11-14)20(18,19)15-8-7-12(2)10-13(15)3/h7-8,10,14,16H,4-6,9,11H2,1-3H3. The van der Waals surface area contributed by atoms with E-state index in [1.807, 2.05) is 26.0 Å². The minimum Gasteiger partial charge on any atom is -0.313 e. The number of hydrogen-bond acceptors (Lipinski definition) is 3. The molecule has 1 aliphatic rings. The molecule has 5 heteroatoms. The van der Waals surface area contributed by atoms with E-state index in [2.05, 4.69) is 12.2 Å². The van der Waals surface area contributed by atoms with Crippen LogP contribution in [0, 0.1) is 13.8 Å². The van der Waals surface area contributed by atoms with Crippen molar-refractivity contribution in [3.8, 4) is 0 Å². The van der Waals surface area contributed by atoms with E-state index >= 15 is 0 Å². The summed E-state index contributed by atoms with van der Waals surface area (Å²) in [6.07, 6.45) is 1.97. The molecule has 4 nitrogen and oxygen atoms in total. The molecule has 0 amide bonds. The number of rotatable bonds is 4. The van der Waals surface area contributed by atoms with Gasteiger partial charge in [-0.3, -0.25) is 0 Å². The van der Waals surface area contributed by atoms with Gasteiger partial charge in [-0.2, -0.15) is 4.31 Å². The lowest BCUT2D eigenvalue weighted by Gasteiger charge is -2.32.